The van der Waals surface area contributed by atoms with Crippen LogP contribution in [0.25, 0.3) is 0 Å². The Bertz CT molecular complexity index is 64.9. The average Bonchev–Trinajstić information content (AvgIpc) is 2.41. The largest absolute Gasteiger partial charge is 0.327 e. The minimum atomic E-state index is 0.315. The molecule has 1 fully saturated rings. The van der Waals surface area contributed by atoms with Crippen molar-refractivity contribution >= 4 is 0 Å². The first-order chi connectivity index (χ1) is 3.79. The summed E-state index contributed by atoms with van der Waals surface area (Å²) < 4.78 is 0. The second kappa shape index (κ2) is 2.46. The predicted molar refractivity (Wildman–Crippen MR) is 34.7 cm³/mol. The molecule has 0 aromatic heterocycles. The van der Waals surface area contributed by atoms with Crippen molar-refractivity contribution in [3.8, 4) is 0 Å². The summed E-state index contributed by atoms with van der Waals surface area (Å²) in [6.45, 7) is 3.00. The summed E-state index contributed by atoms with van der Waals surface area (Å²) in [4.78, 5) is 0. The topological polar surface area (TPSA) is 38.0 Å². The molecule has 48 valence electrons. The highest BCUT2D eigenvalue weighted by atomic mass is 15.0. The van der Waals surface area contributed by atoms with E-state index < -0.39 is 0 Å². The van der Waals surface area contributed by atoms with Gasteiger partial charge in [0, 0.05) is 18.6 Å². The van der Waals surface area contributed by atoms with Gasteiger partial charge in [-0.3, -0.25) is 0 Å². The standard InChI is InChI=1S/C6H14N2/c1-5(7)4-8-6-2-3-6/h5-6,8H,2-4,7H2,1H3. The first kappa shape index (κ1) is 6.05. The Morgan fingerprint density at radius 3 is 2.75 bits per heavy atom. The maximum absolute atomic E-state index is 5.51. The summed E-state index contributed by atoms with van der Waals surface area (Å²) in [6.07, 6.45) is 2.71. The van der Waals surface area contributed by atoms with Crippen molar-refractivity contribution < 1.29 is 0 Å². The Hall–Kier alpha value is -0.0800. The first-order valence-electron chi connectivity index (χ1n) is 3.28. The maximum atomic E-state index is 5.51. The number of nitrogens with two attached hydrogens (primary N) is 1. The van der Waals surface area contributed by atoms with E-state index in [1.165, 1.54) is 12.8 Å². The van der Waals surface area contributed by atoms with E-state index in [0.717, 1.165) is 12.6 Å². The normalized spacial score (nSPS) is 23.2. The lowest BCUT2D eigenvalue weighted by Crippen LogP contribution is -2.32. The quantitative estimate of drug-likeness (QED) is 0.545. The molecule has 0 bridgehead atoms. The Balaban J connectivity index is 1.87. The highest BCUT2D eigenvalue weighted by Gasteiger charge is 2.19. The lowest BCUT2D eigenvalue weighted by Gasteiger charge is -2.03. The minimum absolute atomic E-state index is 0.315. The number of hydrogen-bond acceptors (Lipinski definition) is 2. The van der Waals surface area contributed by atoms with Crippen LogP contribution in [0.4, 0.5) is 0 Å². The van der Waals surface area contributed by atoms with Gasteiger partial charge in [0.1, 0.15) is 0 Å². The summed E-state index contributed by atoms with van der Waals surface area (Å²) in [5, 5.41) is 3.33. The number of nitrogens with one attached hydrogen (secondary N) is 1. The minimum Gasteiger partial charge on any atom is -0.327 e. The van der Waals surface area contributed by atoms with Crippen LogP contribution in [-0.4, -0.2) is 18.6 Å². The molecule has 0 saturated heterocycles. The first-order valence-corrected chi connectivity index (χ1v) is 3.28. The van der Waals surface area contributed by atoms with Crippen LogP contribution in [0.15, 0.2) is 0 Å². The fourth-order valence-electron chi connectivity index (χ4n) is 0.640. The summed E-state index contributed by atoms with van der Waals surface area (Å²) in [6, 6.07) is 1.12. The van der Waals surface area contributed by atoms with Gasteiger partial charge < -0.3 is 11.1 Å². The van der Waals surface area contributed by atoms with Crippen molar-refractivity contribution in [1.29, 1.82) is 0 Å². The molecule has 0 aliphatic heterocycles. The molecular weight excluding hydrogens is 100 g/mol. The van der Waals surface area contributed by atoms with Crippen LogP contribution in [0, 0.1) is 0 Å². The van der Waals surface area contributed by atoms with E-state index in [0.29, 0.717) is 6.04 Å². The molecule has 3 N–H and O–H groups in total. The second-order valence-electron chi connectivity index (χ2n) is 2.66. The van der Waals surface area contributed by atoms with Crippen LogP contribution in [0.5, 0.6) is 0 Å². The molecule has 1 atom stereocenters. The molecule has 0 amide bonds. The molecule has 1 rings (SSSR count). The van der Waals surface area contributed by atoms with Gasteiger partial charge in [0.05, 0.1) is 0 Å². The van der Waals surface area contributed by atoms with Gasteiger partial charge in [-0.2, -0.15) is 0 Å². The van der Waals surface area contributed by atoms with Crippen LogP contribution in [0.2, 0.25) is 0 Å². The van der Waals surface area contributed by atoms with E-state index in [4.69, 9.17) is 5.73 Å². The zero-order chi connectivity index (χ0) is 5.98. The van der Waals surface area contributed by atoms with Crippen molar-refractivity contribution in [2.75, 3.05) is 6.54 Å². The molecule has 0 aromatic rings. The molecule has 0 spiro atoms. The predicted octanol–water partition coefficient (Wildman–Crippen LogP) is 0.0856. The summed E-state index contributed by atoms with van der Waals surface area (Å²) in [5.74, 6) is 0. The average molecular weight is 114 g/mol. The maximum Gasteiger partial charge on any atom is 0.0136 e. The van der Waals surface area contributed by atoms with E-state index in [1.54, 1.807) is 0 Å². The fraction of sp³-hybridized carbons (Fsp3) is 1.00. The van der Waals surface area contributed by atoms with E-state index in [9.17, 15) is 0 Å². The lowest BCUT2D eigenvalue weighted by atomic mass is 10.4. The van der Waals surface area contributed by atoms with Crippen molar-refractivity contribution in [1.82, 2.24) is 5.32 Å². The molecular formula is C6H14N2. The summed E-state index contributed by atoms with van der Waals surface area (Å²) in [7, 11) is 0. The third kappa shape index (κ3) is 2.28. The summed E-state index contributed by atoms with van der Waals surface area (Å²) in [5.41, 5.74) is 5.51. The van der Waals surface area contributed by atoms with E-state index in [1.807, 2.05) is 6.92 Å². The Morgan fingerprint density at radius 2 is 2.38 bits per heavy atom. The lowest BCUT2D eigenvalue weighted by molar-refractivity contribution is 0.605. The highest BCUT2D eigenvalue weighted by molar-refractivity contribution is 4.81. The van der Waals surface area contributed by atoms with Gasteiger partial charge in [0.2, 0.25) is 0 Å². The SMILES string of the molecule is CC(N)CNC1CC1. The van der Waals surface area contributed by atoms with E-state index in [-0.39, 0.29) is 0 Å². The summed E-state index contributed by atoms with van der Waals surface area (Å²) >= 11 is 0. The zero-order valence-electron chi connectivity index (χ0n) is 5.35. The third-order valence-electron chi connectivity index (χ3n) is 1.31. The smallest absolute Gasteiger partial charge is 0.0136 e. The molecule has 1 aliphatic rings. The molecule has 0 radical (unpaired) electrons. The fourth-order valence-corrected chi connectivity index (χ4v) is 0.640. The Morgan fingerprint density at radius 1 is 1.75 bits per heavy atom. The highest BCUT2D eigenvalue weighted by Crippen LogP contribution is 2.17. The van der Waals surface area contributed by atoms with Crippen molar-refractivity contribution in [3.63, 3.8) is 0 Å². The molecule has 0 aromatic carbocycles. The van der Waals surface area contributed by atoms with Crippen molar-refractivity contribution in [2.24, 2.45) is 5.73 Å². The molecule has 2 nitrogen and oxygen atoms in total. The molecule has 8 heavy (non-hydrogen) atoms. The van der Waals surface area contributed by atoms with E-state index in [2.05, 4.69) is 5.32 Å². The van der Waals surface area contributed by atoms with Gasteiger partial charge in [-0.25, -0.2) is 0 Å². The van der Waals surface area contributed by atoms with E-state index >= 15 is 0 Å². The molecule has 1 saturated carbocycles. The molecule has 0 heterocycles. The molecule has 1 unspecified atom stereocenters. The van der Waals surface area contributed by atoms with Crippen LogP contribution in [0.1, 0.15) is 19.8 Å². The number of hydrogen-bond donors (Lipinski definition) is 2. The van der Waals surface area contributed by atoms with Gasteiger partial charge in [-0.05, 0) is 19.8 Å². The Labute approximate surface area is 50.4 Å². The van der Waals surface area contributed by atoms with Gasteiger partial charge >= 0.3 is 0 Å². The van der Waals surface area contributed by atoms with Gasteiger partial charge in [-0.1, -0.05) is 0 Å². The Kier molecular flexibility index (Phi) is 1.86. The van der Waals surface area contributed by atoms with Crippen LogP contribution in [-0.2, 0) is 0 Å². The monoisotopic (exact) mass is 114 g/mol. The molecule has 2 heteroatoms. The van der Waals surface area contributed by atoms with Gasteiger partial charge in [-0.15, -0.1) is 0 Å². The van der Waals surface area contributed by atoms with Crippen molar-refractivity contribution in [3.05, 3.63) is 0 Å². The van der Waals surface area contributed by atoms with Crippen LogP contribution >= 0.6 is 0 Å². The second-order valence-corrected chi connectivity index (χ2v) is 2.66. The van der Waals surface area contributed by atoms with Gasteiger partial charge in [0.15, 0.2) is 0 Å². The van der Waals surface area contributed by atoms with Gasteiger partial charge in [0.25, 0.3) is 0 Å². The van der Waals surface area contributed by atoms with Crippen molar-refractivity contribution in [2.45, 2.75) is 31.8 Å². The van der Waals surface area contributed by atoms with Crippen LogP contribution < -0.4 is 11.1 Å². The van der Waals surface area contributed by atoms with Crippen LogP contribution in [0.3, 0.4) is 0 Å². The molecule has 1 aliphatic carbocycles. The number of rotatable bonds is 3. The zero-order valence-corrected chi connectivity index (χ0v) is 5.35. The third-order valence-corrected chi connectivity index (χ3v) is 1.31.